The summed E-state index contributed by atoms with van der Waals surface area (Å²) in [6, 6.07) is 15.1. The Morgan fingerprint density at radius 1 is 1.12 bits per heavy atom. The minimum Gasteiger partial charge on any atom is -0.465 e. The third kappa shape index (κ3) is 4.94. The van der Waals surface area contributed by atoms with Gasteiger partial charge in [-0.3, -0.25) is 9.36 Å². The van der Waals surface area contributed by atoms with Crippen molar-refractivity contribution >= 4 is 41.0 Å². The molecule has 0 fully saturated rings. The molecule has 0 bridgehead atoms. The number of ether oxygens (including phenoxy) is 2. The molecule has 4 aromatic rings. The van der Waals surface area contributed by atoms with Crippen molar-refractivity contribution in [3.63, 3.8) is 0 Å². The topological polar surface area (TPSA) is 100 Å². The van der Waals surface area contributed by atoms with Crippen LogP contribution in [0.2, 0.25) is 5.02 Å². The van der Waals surface area contributed by atoms with Gasteiger partial charge in [-0.2, -0.15) is 0 Å². The molecule has 8 nitrogen and oxygen atoms in total. The number of hydrogen-bond donors (Lipinski definition) is 0. The van der Waals surface area contributed by atoms with Gasteiger partial charge >= 0.3 is 11.9 Å². The Hall–Kier alpha value is -4.21. The average molecular weight is 577 g/mol. The quantitative estimate of drug-likeness (QED) is 0.306. The third-order valence-corrected chi connectivity index (χ3v) is 7.86. The number of rotatable bonds is 6. The lowest BCUT2D eigenvalue weighted by Gasteiger charge is -2.25. The van der Waals surface area contributed by atoms with Gasteiger partial charge in [-0.1, -0.05) is 47.2 Å². The van der Waals surface area contributed by atoms with Crippen molar-refractivity contribution in [3.8, 4) is 11.3 Å². The molecular weight excluding hydrogens is 552 g/mol. The first-order chi connectivity index (χ1) is 19.2. The number of hydrogen-bond acceptors (Lipinski definition) is 8. The first-order valence-electron chi connectivity index (χ1n) is 12.5. The first kappa shape index (κ1) is 27.4. The number of carbonyl (C=O) groups excluding carboxylic acids is 2. The number of aryl methyl sites for hydroxylation is 1. The van der Waals surface area contributed by atoms with Crippen molar-refractivity contribution < 1.29 is 23.5 Å². The van der Waals surface area contributed by atoms with Crippen LogP contribution in [0.4, 0.5) is 0 Å². The van der Waals surface area contributed by atoms with Gasteiger partial charge in [-0.25, -0.2) is 14.6 Å². The maximum Gasteiger partial charge on any atom is 0.338 e. The van der Waals surface area contributed by atoms with E-state index in [0.717, 1.165) is 11.1 Å². The van der Waals surface area contributed by atoms with E-state index in [1.54, 1.807) is 74.5 Å². The Morgan fingerprint density at radius 3 is 2.60 bits per heavy atom. The monoisotopic (exact) mass is 576 g/mol. The van der Waals surface area contributed by atoms with E-state index in [0.29, 0.717) is 42.7 Å². The summed E-state index contributed by atoms with van der Waals surface area (Å²) in [6.07, 6.45) is 1.65. The van der Waals surface area contributed by atoms with Gasteiger partial charge in [-0.15, -0.1) is 0 Å². The second-order valence-electron chi connectivity index (χ2n) is 9.05. The molecule has 0 N–H and O–H groups in total. The second-order valence-corrected chi connectivity index (χ2v) is 10.5. The fraction of sp³-hybridized carbons (Fsp3) is 0.200. The molecule has 1 aliphatic rings. The molecule has 1 aliphatic heterocycles. The Kier molecular flexibility index (Phi) is 7.60. The van der Waals surface area contributed by atoms with Crippen molar-refractivity contribution in [1.29, 1.82) is 0 Å². The average Bonchev–Trinajstić information content (AvgIpc) is 3.52. The van der Waals surface area contributed by atoms with Gasteiger partial charge in [0.05, 0.1) is 35.1 Å². The van der Waals surface area contributed by atoms with Crippen LogP contribution in [-0.2, 0) is 14.3 Å². The number of aromatic nitrogens is 1. The number of benzene rings is 2. The number of nitrogens with zero attached hydrogens (tertiary/aromatic N) is 2. The molecule has 0 saturated carbocycles. The molecule has 10 heteroatoms. The van der Waals surface area contributed by atoms with E-state index in [2.05, 4.69) is 4.99 Å². The summed E-state index contributed by atoms with van der Waals surface area (Å²) in [5.74, 6) is 0.0866. The molecule has 2 aromatic heterocycles. The number of thiazole rings is 1. The summed E-state index contributed by atoms with van der Waals surface area (Å²) in [6.45, 7) is 5.50. The fourth-order valence-corrected chi connectivity index (χ4v) is 5.94. The molecule has 0 spiro atoms. The number of carbonyl (C=O) groups is 2. The van der Waals surface area contributed by atoms with Crippen molar-refractivity contribution in [2.45, 2.75) is 26.8 Å². The Balaban J connectivity index is 1.60. The van der Waals surface area contributed by atoms with Crippen LogP contribution in [0.3, 0.4) is 0 Å². The van der Waals surface area contributed by atoms with Crippen LogP contribution >= 0.6 is 22.9 Å². The maximum atomic E-state index is 13.8. The molecule has 204 valence electrons. The van der Waals surface area contributed by atoms with Crippen LogP contribution in [0.25, 0.3) is 17.4 Å². The minimum atomic E-state index is -0.797. The number of allylic oxidation sites excluding steroid dienone is 1. The van der Waals surface area contributed by atoms with E-state index in [1.165, 1.54) is 23.0 Å². The van der Waals surface area contributed by atoms with Crippen molar-refractivity contribution in [2.75, 3.05) is 13.7 Å². The summed E-state index contributed by atoms with van der Waals surface area (Å²) in [7, 11) is 1.34. The Labute approximate surface area is 238 Å². The zero-order chi connectivity index (χ0) is 28.6. The lowest BCUT2D eigenvalue weighted by atomic mass is 9.96. The van der Waals surface area contributed by atoms with Crippen LogP contribution in [0.5, 0.6) is 0 Å². The molecule has 0 aliphatic carbocycles. The van der Waals surface area contributed by atoms with Gasteiger partial charge in [0.1, 0.15) is 17.6 Å². The van der Waals surface area contributed by atoms with E-state index in [1.807, 2.05) is 6.92 Å². The standard InChI is InChI=1S/C30H25ClN2O6S/c1-5-38-29(36)25-17(3)32-30-33(26(25)21-8-6-7-9-22(21)31)27(34)24(40-30)15-19-11-13-23(39-19)20-12-10-18(14-16(20)2)28(35)37-4/h6-15,26H,5H2,1-4H3/b24-15+/t26-/m1/s1. The molecule has 0 unspecified atom stereocenters. The number of esters is 2. The van der Waals surface area contributed by atoms with Crippen LogP contribution in [-0.4, -0.2) is 30.2 Å². The highest BCUT2D eigenvalue weighted by molar-refractivity contribution is 7.07. The van der Waals surface area contributed by atoms with E-state index < -0.39 is 18.0 Å². The summed E-state index contributed by atoms with van der Waals surface area (Å²) in [5.41, 5.74) is 3.08. The lowest BCUT2D eigenvalue weighted by Crippen LogP contribution is -2.40. The van der Waals surface area contributed by atoms with E-state index in [-0.39, 0.29) is 17.7 Å². The van der Waals surface area contributed by atoms with Crippen LogP contribution in [0.1, 0.15) is 47.1 Å². The van der Waals surface area contributed by atoms with Crippen molar-refractivity contribution in [1.82, 2.24) is 4.57 Å². The molecule has 0 amide bonds. The fourth-order valence-electron chi connectivity index (χ4n) is 4.67. The zero-order valence-corrected chi connectivity index (χ0v) is 23.8. The van der Waals surface area contributed by atoms with E-state index in [9.17, 15) is 14.4 Å². The molecule has 0 saturated heterocycles. The highest BCUT2D eigenvalue weighted by Crippen LogP contribution is 2.34. The summed E-state index contributed by atoms with van der Waals surface area (Å²) >= 11 is 7.75. The van der Waals surface area contributed by atoms with Gasteiger partial charge in [0.25, 0.3) is 5.56 Å². The van der Waals surface area contributed by atoms with Gasteiger partial charge in [0, 0.05) is 16.7 Å². The summed E-state index contributed by atoms with van der Waals surface area (Å²) < 4.78 is 18.0. The van der Waals surface area contributed by atoms with Crippen LogP contribution in [0.15, 0.2) is 80.1 Å². The smallest absolute Gasteiger partial charge is 0.338 e. The van der Waals surface area contributed by atoms with Gasteiger partial charge in [0.15, 0.2) is 4.80 Å². The van der Waals surface area contributed by atoms with Gasteiger partial charge in [-0.05, 0) is 62.2 Å². The molecular formula is C30H25ClN2O6S. The van der Waals surface area contributed by atoms with Crippen LogP contribution in [0, 0.1) is 6.92 Å². The first-order valence-corrected chi connectivity index (χ1v) is 13.7. The van der Waals surface area contributed by atoms with Crippen molar-refractivity contribution in [2.24, 2.45) is 4.99 Å². The largest absolute Gasteiger partial charge is 0.465 e. The molecule has 3 heterocycles. The highest BCUT2D eigenvalue weighted by atomic mass is 35.5. The van der Waals surface area contributed by atoms with E-state index >= 15 is 0 Å². The van der Waals surface area contributed by atoms with Crippen LogP contribution < -0.4 is 14.9 Å². The number of fused-ring (bicyclic) bond motifs is 1. The summed E-state index contributed by atoms with van der Waals surface area (Å²) in [5, 5.41) is 0.419. The van der Waals surface area contributed by atoms with Gasteiger partial charge in [0.2, 0.25) is 0 Å². The van der Waals surface area contributed by atoms with E-state index in [4.69, 9.17) is 25.5 Å². The normalized spacial score (nSPS) is 15.0. The predicted molar refractivity (Wildman–Crippen MR) is 152 cm³/mol. The zero-order valence-electron chi connectivity index (χ0n) is 22.2. The lowest BCUT2D eigenvalue weighted by molar-refractivity contribution is -0.139. The number of methoxy groups -OCH3 is 1. The molecule has 0 radical (unpaired) electrons. The predicted octanol–water partition coefficient (Wildman–Crippen LogP) is 4.81. The molecule has 5 rings (SSSR count). The maximum absolute atomic E-state index is 13.8. The van der Waals surface area contributed by atoms with Crippen molar-refractivity contribution in [3.05, 3.63) is 113 Å². The third-order valence-electron chi connectivity index (χ3n) is 6.53. The molecule has 40 heavy (non-hydrogen) atoms. The highest BCUT2D eigenvalue weighted by Gasteiger charge is 2.34. The Bertz CT molecular complexity index is 1860. The SMILES string of the molecule is CCOC(=O)C1=C(C)N=c2s/c(=C/c3ccc(-c4ccc(C(=O)OC)cc4C)o3)c(=O)n2[C@@H]1c1ccccc1Cl. The Morgan fingerprint density at radius 2 is 1.90 bits per heavy atom. The van der Waals surface area contributed by atoms with Gasteiger partial charge < -0.3 is 13.9 Å². The molecule has 2 aromatic carbocycles. The second kappa shape index (κ2) is 11.1. The minimum absolute atomic E-state index is 0.182. The summed E-state index contributed by atoms with van der Waals surface area (Å²) in [4.78, 5) is 43.7. The number of furan rings is 1. The molecule has 1 atom stereocenters. The number of halogens is 1.